The summed E-state index contributed by atoms with van der Waals surface area (Å²) in [6, 6.07) is 3.77. The van der Waals surface area contributed by atoms with Gasteiger partial charge in [0.15, 0.2) is 0 Å². The van der Waals surface area contributed by atoms with E-state index in [1.165, 1.54) is 0 Å². The minimum Gasteiger partial charge on any atom is -0.398 e. The zero-order valence-corrected chi connectivity index (χ0v) is 15.9. The lowest BCUT2D eigenvalue weighted by Crippen LogP contribution is -2.41. The first-order chi connectivity index (χ1) is 11.7. The van der Waals surface area contributed by atoms with Gasteiger partial charge in [0.1, 0.15) is 5.73 Å². The molecule has 136 valence electrons. The summed E-state index contributed by atoms with van der Waals surface area (Å²) in [5.74, 6) is 0.152. The van der Waals surface area contributed by atoms with Crippen molar-refractivity contribution in [3.63, 3.8) is 0 Å². The molecule has 4 nitrogen and oxygen atoms in total. The molecule has 0 unspecified atom stereocenters. The Labute approximate surface area is 150 Å². The van der Waals surface area contributed by atoms with Crippen molar-refractivity contribution in [1.82, 2.24) is 9.88 Å². The van der Waals surface area contributed by atoms with Gasteiger partial charge in [-0.15, -0.1) is 0 Å². The second-order valence-electron chi connectivity index (χ2n) is 8.17. The van der Waals surface area contributed by atoms with Gasteiger partial charge in [0, 0.05) is 12.4 Å². The molecule has 0 amide bonds. The van der Waals surface area contributed by atoms with Crippen LogP contribution in [0.3, 0.4) is 0 Å². The summed E-state index contributed by atoms with van der Waals surface area (Å²) >= 11 is 0. The fraction of sp³-hybridized carbons (Fsp3) is 0.632. The third-order valence-corrected chi connectivity index (χ3v) is 5.82. The predicted octanol–water partition coefficient (Wildman–Crippen LogP) is 3.74. The van der Waals surface area contributed by atoms with E-state index in [0.29, 0.717) is 5.57 Å². The van der Waals surface area contributed by atoms with Crippen LogP contribution in [0.2, 0.25) is 0 Å². The number of likely N-dealkylation sites (tertiary alicyclic amines) is 1. The highest BCUT2D eigenvalue weighted by molar-refractivity contribution is 6.55. The van der Waals surface area contributed by atoms with Crippen LogP contribution in [-0.2, 0) is 9.31 Å². The Balaban J connectivity index is 1.97. The second kappa shape index (κ2) is 6.82. The SMILES string of the molecule is CN1CCC(C(=C(F)B2OC(C)(C)C(C)(C)O2)c2cccnc2)CC1. The molecule has 0 spiro atoms. The molecule has 0 bridgehead atoms. The molecule has 2 fully saturated rings. The zero-order chi connectivity index (χ0) is 18.2. The van der Waals surface area contributed by atoms with E-state index in [-0.39, 0.29) is 11.6 Å². The maximum atomic E-state index is 15.6. The highest BCUT2D eigenvalue weighted by Gasteiger charge is 2.54. The molecule has 0 radical (unpaired) electrons. The molecule has 3 rings (SSSR count). The summed E-state index contributed by atoms with van der Waals surface area (Å²) in [6.07, 6.45) is 5.29. The first-order valence-corrected chi connectivity index (χ1v) is 9.05. The Morgan fingerprint density at radius 1 is 1.20 bits per heavy atom. The number of allylic oxidation sites excluding steroid dienone is 1. The fourth-order valence-corrected chi connectivity index (χ4v) is 3.46. The number of piperidine rings is 1. The maximum absolute atomic E-state index is 15.6. The summed E-state index contributed by atoms with van der Waals surface area (Å²) in [6.45, 7) is 9.70. The Hall–Kier alpha value is -1.24. The van der Waals surface area contributed by atoms with Gasteiger partial charge in [0.25, 0.3) is 0 Å². The van der Waals surface area contributed by atoms with Crippen LogP contribution in [0.4, 0.5) is 4.39 Å². The van der Waals surface area contributed by atoms with Gasteiger partial charge in [0.2, 0.25) is 0 Å². The molecule has 3 heterocycles. The molecular weight excluding hydrogens is 318 g/mol. The topological polar surface area (TPSA) is 34.6 Å². The van der Waals surface area contributed by atoms with E-state index in [4.69, 9.17) is 9.31 Å². The minimum absolute atomic E-state index is 0.152. The lowest BCUT2D eigenvalue weighted by Gasteiger charge is -2.32. The van der Waals surface area contributed by atoms with Crippen LogP contribution in [0.25, 0.3) is 5.57 Å². The zero-order valence-electron chi connectivity index (χ0n) is 15.9. The molecule has 0 aromatic carbocycles. The van der Waals surface area contributed by atoms with Crippen molar-refractivity contribution in [2.75, 3.05) is 20.1 Å². The van der Waals surface area contributed by atoms with Crippen molar-refractivity contribution >= 4 is 12.7 Å². The van der Waals surface area contributed by atoms with Gasteiger partial charge in [-0.1, -0.05) is 6.07 Å². The van der Waals surface area contributed by atoms with Gasteiger partial charge >= 0.3 is 7.12 Å². The van der Waals surface area contributed by atoms with E-state index in [1.807, 2.05) is 39.8 Å². The van der Waals surface area contributed by atoms with Gasteiger partial charge in [-0.25, -0.2) is 4.39 Å². The van der Waals surface area contributed by atoms with Gasteiger partial charge in [0.05, 0.1) is 11.2 Å². The first-order valence-electron chi connectivity index (χ1n) is 9.05. The molecular formula is C19H28BFN2O2. The third-order valence-electron chi connectivity index (χ3n) is 5.82. The van der Waals surface area contributed by atoms with Crippen LogP contribution >= 0.6 is 0 Å². The fourth-order valence-electron chi connectivity index (χ4n) is 3.46. The molecule has 2 saturated heterocycles. The van der Waals surface area contributed by atoms with Crippen LogP contribution in [0.1, 0.15) is 46.1 Å². The van der Waals surface area contributed by atoms with Crippen molar-refractivity contribution in [3.8, 4) is 0 Å². The molecule has 0 saturated carbocycles. The average Bonchev–Trinajstić information content (AvgIpc) is 2.78. The number of rotatable bonds is 3. The third kappa shape index (κ3) is 3.66. The Morgan fingerprint density at radius 3 is 2.32 bits per heavy atom. The van der Waals surface area contributed by atoms with Crippen LogP contribution in [0, 0.1) is 5.92 Å². The largest absolute Gasteiger partial charge is 0.525 e. The molecule has 2 aliphatic rings. The highest BCUT2D eigenvalue weighted by Crippen LogP contribution is 2.42. The van der Waals surface area contributed by atoms with Gasteiger partial charge in [-0.05, 0) is 83.8 Å². The molecule has 2 aliphatic heterocycles. The Bertz CT molecular complexity index is 624. The number of nitrogens with zero attached hydrogens (tertiary/aromatic N) is 2. The quantitative estimate of drug-likeness (QED) is 0.781. The number of halogens is 1. The lowest BCUT2D eigenvalue weighted by atomic mass is 9.76. The van der Waals surface area contributed by atoms with Gasteiger partial charge in [-0.3, -0.25) is 4.98 Å². The summed E-state index contributed by atoms with van der Waals surface area (Å²) in [4.78, 5) is 6.47. The van der Waals surface area contributed by atoms with Crippen LogP contribution in [0.15, 0.2) is 30.3 Å². The van der Waals surface area contributed by atoms with Crippen LogP contribution in [0.5, 0.6) is 0 Å². The van der Waals surface area contributed by atoms with Crippen molar-refractivity contribution in [2.24, 2.45) is 5.92 Å². The predicted molar refractivity (Wildman–Crippen MR) is 98.6 cm³/mol. The number of pyridine rings is 1. The second-order valence-corrected chi connectivity index (χ2v) is 8.17. The van der Waals surface area contributed by atoms with Crippen molar-refractivity contribution in [2.45, 2.75) is 51.7 Å². The van der Waals surface area contributed by atoms with Crippen LogP contribution in [-0.4, -0.2) is 48.3 Å². The summed E-state index contributed by atoms with van der Waals surface area (Å²) in [7, 11) is 1.15. The van der Waals surface area contributed by atoms with E-state index >= 15 is 4.39 Å². The van der Waals surface area contributed by atoms with Gasteiger partial charge in [-0.2, -0.15) is 0 Å². The smallest absolute Gasteiger partial charge is 0.398 e. The lowest BCUT2D eigenvalue weighted by molar-refractivity contribution is 0.00578. The molecule has 0 N–H and O–H groups in total. The summed E-state index contributed by atoms with van der Waals surface area (Å²) < 4.78 is 27.5. The number of hydrogen-bond donors (Lipinski definition) is 0. The van der Waals surface area contributed by atoms with Gasteiger partial charge < -0.3 is 14.2 Å². The Kier molecular flexibility index (Phi) is 5.06. The highest BCUT2D eigenvalue weighted by atomic mass is 19.1. The number of hydrogen-bond acceptors (Lipinski definition) is 4. The molecule has 25 heavy (non-hydrogen) atoms. The van der Waals surface area contributed by atoms with E-state index in [2.05, 4.69) is 16.9 Å². The first kappa shape index (κ1) is 18.6. The molecule has 1 aromatic rings. The molecule has 0 atom stereocenters. The molecule has 0 aliphatic carbocycles. The monoisotopic (exact) mass is 346 g/mol. The minimum atomic E-state index is -0.958. The van der Waals surface area contributed by atoms with Crippen LogP contribution < -0.4 is 0 Å². The number of aromatic nitrogens is 1. The average molecular weight is 346 g/mol. The van der Waals surface area contributed by atoms with Crippen molar-refractivity contribution < 1.29 is 13.7 Å². The molecule has 6 heteroatoms. The maximum Gasteiger partial charge on any atom is 0.525 e. The van der Waals surface area contributed by atoms with E-state index in [9.17, 15) is 0 Å². The van der Waals surface area contributed by atoms with Crippen molar-refractivity contribution in [1.29, 1.82) is 0 Å². The normalized spacial score (nSPS) is 25.1. The Morgan fingerprint density at radius 2 is 1.80 bits per heavy atom. The standard InChI is InChI=1S/C19H28BFN2O2/c1-18(2)19(3,4)25-20(24-18)17(21)16(15-7-6-10-22-13-15)14-8-11-23(5)12-9-14/h6-7,10,13-14H,8-9,11-12H2,1-5H3. The van der Waals surface area contributed by atoms with E-state index in [0.717, 1.165) is 31.5 Å². The van der Waals surface area contributed by atoms with E-state index in [1.54, 1.807) is 12.4 Å². The molecule has 1 aromatic heterocycles. The van der Waals surface area contributed by atoms with E-state index < -0.39 is 18.3 Å². The van der Waals surface area contributed by atoms with Crippen molar-refractivity contribution in [3.05, 3.63) is 35.8 Å². The summed E-state index contributed by atoms with van der Waals surface area (Å²) in [5.41, 5.74) is 0.106. The summed E-state index contributed by atoms with van der Waals surface area (Å²) in [5, 5.41) is 0.